The Balaban J connectivity index is 0.000000162. The summed E-state index contributed by atoms with van der Waals surface area (Å²) in [7, 11) is 10.1. The van der Waals surface area contributed by atoms with E-state index < -0.39 is 0 Å². The number of benzene rings is 4. The summed E-state index contributed by atoms with van der Waals surface area (Å²) in [6, 6.07) is 19.7. The summed E-state index contributed by atoms with van der Waals surface area (Å²) in [6.45, 7) is 4.20. The number of methoxy groups -OCH3 is 6. The zero-order chi connectivity index (χ0) is 36.5. The first-order chi connectivity index (χ1) is 25.4. The lowest BCUT2D eigenvalue weighted by Gasteiger charge is -2.42. The van der Waals surface area contributed by atoms with E-state index in [4.69, 9.17) is 34.2 Å². The second kappa shape index (κ2) is 15.0. The number of hydrogen-bond donors (Lipinski definition) is 1. The van der Waals surface area contributed by atoms with Gasteiger partial charge < -0.3 is 34.2 Å². The minimum Gasteiger partial charge on any atom is -0.496 e. The Kier molecular flexibility index (Phi) is 10.2. The van der Waals surface area contributed by atoms with E-state index in [1.54, 1.807) is 42.7 Å². The molecular weight excluding hydrogens is 656 g/mol. The Morgan fingerprint density at radius 3 is 1.52 bits per heavy atom. The highest BCUT2D eigenvalue weighted by atomic mass is 16.5. The van der Waals surface area contributed by atoms with Gasteiger partial charge in [-0.25, -0.2) is 0 Å². The third-order valence-corrected chi connectivity index (χ3v) is 11.3. The minimum atomic E-state index is 0.309. The van der Waals surface area contributed by atoms with Crippen LogP contribution in [0.25, 0.3) is 0 Å². The van der Waals surface area contributed by atoms with Crippen LogP contribution in [0.5, 0.6) is 34.5 Å². The van der Waals surface area contributed by atoms with Gasteiger partial charge in [0.2, 0.25) is 0 Å². The average Bonchev–Trinajstić information content (AvgIpc) is 3.20. The van der Waals surface area contributed by atoms with E-state index in [-0.39, 0.29) is 0 Å². The molecule has 52 heavy (non-hydrogen) atoms. The maximum absolute atomic E-state index is 9.35. The van der Waals surface area contributed by atoms with E-state index in [1.165, 1.54) is 38.9 Å². The molecule has 0 radical (unpaired) electrons. The average molecular weight is 705 g/mol. The summed E-state index contributed by atoms with van der Waals surface area (Å²) < 4.78 is 33.3. The van der Waals surface area contributed by atoms with Gasteiger partial charge in [0.05, 0.1) is 48.2 Å². The highest BCUT2D eigenvalue weighted by Crippen LogP contribution is 2.46. The van der Waals surface area contributed by atoms with Gasteiger partial charge in [0, 0.05) is 61.5 Å². The molecule has 0 unspecified atom stereocenters. The van der Waals surface area contributed by atoms with Crippen molar-refractivity contribution >= 4 is 0 Å². The van der Waals surface area contributed by atoms with Crippen LogP contribution in [-0.4, -0.2) is 65.5 Å². The Bertz CT molecular complexity index is 2020. The number of hydrogen-bond acceptors (Lipinski definition) is 10. The van der Waals surface area contributed by atoms with Crippen molar-refractivity contribution in [3.8, 4) is 40.6 Å². The normalized spacial score (nSPS) is 18.3. The summed E-state index contributed by atoms with van der Waals surface area (Å²) in [6.07, 6.45) is 3.86. The smallest absolute Gasteiger partial charge is 0.161 e. The van der Waals surface area contributed by atoms with E-state index in [0.717, 1.165) is 97.5 Å². The quantitative estimate of drug-likeness (QED) is 0.244. The van der Waals surface area contributed by atoms with Crippen LogP contribution >= 0.6 is 0 Å². The molecule has 272 valence electrons. The van der Waals surface area contributed by atoms with Gasteiger partial charge in [-0.15, -0.1) is 0 Å². The first-order valence-electron chi connectivity index (χ1n) is 17.8. The summed E-state index contributed by atoms with van der Waals surface area (Å²) in [5.41, 5.74) is 18.0. The molecule has 4 aliphatic heterocycles. The van der Waals surface area contributed by atoms with E-state index in [2.05, 4.69) is 58.3 Å². The van der Waals surface area contributed by atoms with Crippen molar-refractivity contribution in [2.24, 2.45) is 5.73 Å². The monoisotopic (exact) mass is 704 g/mol. The molecule has 2 atom stereocenters. The summed E-state index contributed by atoms with van der Waals surface area (Å²) >= 11 is 0. The van der Waals surface area contributed by atoms with Crippen LogP contribution in [0.1, 0.15) is 67.7 Å². The number of nitrogens with two attached hydrogens (primary N) is 1. The zero-order valence-corrected chi connectivity index (χ0v) is 31.0. The molecule has 0 fully saturated rings. The largest absolute Gasteiger partial charge is 0.496 e. The fourth-order valence-electron chi connectivity index (χ4n) is 8.69. The van der Waals surface area contributed by atoms with E-state index in [9.17, 15) is 5.26 Å². The number of ether oxygens (including phenoxy) is 6. The maximum Gasteiger partial charge on any atom is 0.161 e. The van der Waals surface area contributed by atoms with Gasteiger partial charge in [-0.1, -0.05) is 18.2 Å². The zero-order valence-electron chi connectivity index (χ0n) is 31.0. The molecule has 0 aliphatic carbocycles. The summed E-state index contributed by atoms with van der Waals surface area (Å²) in [4.78, 5) is 5.01. The van der Waals surface area contributed by atoms with Crippen molar-refractivity contribution in [2.45, 2.75) is 57.4 Å². The fourth-order valence-corrected chi connectivity index (χ4v) is 8.69. The first kappa shape index (κ1) is 35.5. The molecule has 0 saturated carbocycles. The Morgan fingerprint density at radius 1 is 0.615 bits per heavy atom. The van der Waals surface area contributed by atoms with Gasteiger partial charge >= 0.3 is 0 Å². The lowest BCUT2D eigenvalue weighted by atomic mass is 9.83. The second-order valence-electron chi connectivity index (χ2n) is 13.7. The third-order valence-electron chi connectivity index (χ3n) is 11.3. The summed E-state index contributed by atoms with van der Waals surface area (Å²) in [5.74, 6) is 4.86. The van der Waals surface area contributed by atoms with Crippen LogP contribution in [0.2, 0.25) is 0 Å². The van der Waals surface area contributed by atoms with Crippen molar-refractivity contribution in [3.63, 3.8) is 0 Å². The molecule has 2 N–H and O–H groups in total. The highest BCUT2D eigenvalue weighted by molar-refractivity contribution is 5.56. The molecule has 4 heterocycles. The molecule has 4 aromatic rings. The van der Waals surface area contributed by atoms with E-state index >= 15 is 0 Å². The molecule has 0 amide bonds. The maximum atomic E-state index is 9.35. The van der Waals surface area contributed by atoms with Gasteiger partial charge in [-0.3, -0.25) is 9.80 Å². The summed E-state index contributed by atoms with van der Waals surface area (Å²) in [5, 5.41) is 9.35. The van der Waals surface area contributed by atoms with Crippen molar-refractivity contribution in [2.75, 3.05) is 55.7 Å². The SMILES string of the molecule is COc1cc2c(cc1OC)[C@@H]1Cc3ccc(C#N)c(OC)c3CN1CC2.COc1cc2c(cc1OC)[C@@H]1Cc3ccc(CN)c(OC)c3CN1CC2. The molecule has 8 rings (SSSR count). The fraction of sp³-hybridized carbons (Fsp3) is 0.405. The molecule has 0 saturated heterocycles. The van der Waals surface area contributed by atoms with E-state index in [0.29, 0.717) is 24.2 Å². The van der Waals surface area contributed by atoms with Gasteiger partial charge in [-0.05, 0) is 89.4 Å². The van der Waals surface area contributed by atoms with Crippen molar-refractivity contribution < 1.29 is 28.4 Å². The minimum absolute atomic E-state index is 0.309. The van der Waals surface area contributed by atoms with Crippen LogP contribution in [-0.2, 0) is 45.3 Å². The molecule has 10 heteroatoms. The molecule has 4 aromatic carbocycles. The highest BCUT2D eigenvalue weighted by Gasteiger charge is 2.36. The first-order valence-corrected chi connectivity index (χ1v) is 17.8. The number of nitrogens with zero attached hydrogens (tertiary/aromatic N) is 3. The van der Waals surface area contributed by atoms with Gasteiger partial charge in [0.25, 0.3) is 0 Å². The van der Waals surface area contributed by atoms with Crippen LogP contribution < -0.4 is 34.2 Å². The van der Waals surface area contributed by atoms with Crippen LogP contribution in [0.4, 0.5) is 0 Å². The van der Waals surface area contributed by atoms with Gasteiger partial charge in [0.15, 0.2) is 23.0 Å². The number of fused-ring (bicyclic) bond motifs is 8. The molecule has 0 spiro atoms. The Hall–Kier alpha value is -4.95. The molecule has 10 nitrogen and oxygen atoms in total. The standard InChI is InChI=1S/C21H26N2O3.C21H22N2O3/c2*1-24-19-9-14-6-7-23-12-17-13(4-5-15(11-22)21(17)26-3)8-18(23)16(14)10-20(19)25-2/h4-5,9-10,18H,6-8,11-12,22H2,1-3H3;4-5,9-10,18H,6-8,12H2,1-3H3/t2*18-/m00/s1. The Morgan fingerprint density at radius 2 is 1.08 bits per heavy atom. The molecule has 0 aromatic heterocycles. The van der Waals surface area contributed by atoms with Gasteiger partial charge in [0.1, 0.15) is 17.6 Å². The van der Waals surface area contributed by atoms with Gasteiger partial charge in [-0.2, -0.15) is 5.26 Å². The topological polar surface area (TPSA) is 112 Å². The van der Waals surface area contributed by atoms with Crippen molar-refractivity contribution in [1.82, 2.24) is 9.80 Å². The van der Waals surface area contributed by atoms with Crippen LogP contribution in [0, 0.1) is 11.3 Å². The predicted molar refractivity (Wildman–Crippen MR) is 199 cm³/mol. The van der Waals surface area contributed by atoms with Crippen LogP contribution in [0.15, 0.2) is 48.5 Å². The number of nitriles is 1. The lowest BCUT2D eigenvalue weighted by molar-refractivity contribution is 0.157. The number of rotatable bonds is 7. The van der Waals surface area contributed by atoms with Crippen molar-refractivity contribution in [3.05, 3.63) is 104 Å². The van der Waals surface area contributed by atoms with Crippen LogP contribution in [0.3, 0.4) is 0 Å². The third kappa shape index (κ3) is 6.17. The lowest BCUT2D eigenvalue weighted by Crippen LogP contribution is -2.39. The Labute approximate surface area is 306 Å². The molecular formula is C42H48N4O6. The predicted octanol–water partition coefficient (Wildman–Crippen LogP) is 6.07. The van der Waals surface area contributed by atoms with E-state index in [1.807, 2.05) is 6.07 Å². The molecule has 4 aliphatic rings. The molecule has 0 bridgehead atoms. The second-order valence-corrected chi connectivity index (χ2v) is 13.7. The van der Waals surface area contributed by atoms with Crippen molar-refractivity contribution in [1.29, 1.82) is 5.26 Å².